The van der Waals surface area contributed by atoms with E-state index < -0.39 is 5.41 Å². The summed E-state index contributed by atoms with van der Waals surface area (Å²) in [6.45, 7) is 4.56. The van der Waals surface area contributed by atoms with Crippen molar-refractivity contribution in [1.82, 2.24) is 14.7 Å². The van der Waals surface area contributed by atoms with Gasteiger partial charge in [0.1, 0.15) is 6.26 Å². The Morgan fingerprint density at radius 3 is 2.65 bits per heavy atom. The van der Waals surface area contributed by atoms with Crippen molar-refractivity contribution in [3.63, 3.8) is 0 Å². The van der Waals surface area contributed by atoms with Gasteiger partial charge in [0.15, 0.2) is 0 Å². The molecule has 0 N–H and O–H groups in total. The number of carbonyl (C=O) groups is 2. The quantitative estimate of drug-likeness (QED) is 0.813. The largest absolute Gasteiger partial charge is 0.472 e. The summed E-state index contributed by atoms with van der Waals surface area (Å²) < 4.78 is 5.03. The summed E-state index contributed by atoms with van der Waals surface area (Å²) in [4.78, 5) is 31.9. The molecule has 0 radical (unpaired) electrons. The van der Waals surface area contributed by atoms with Crippen molar-refractivity contribution in [1.29, 1.82) is 0 Å². The van der Waals surface area contributed by atoms with Crippen LogP contribution in [0.5, 0.6) is 0 Å². The van der Waals surface area contributed by atoms with Gasteiger partial charge < -0.3 is 19.1 Å². The lowest BCUT2D eigenvalue weighted by molar-refractivity contribution is -0.141. The van der Waals surface area contributed by atoms with Crippen molar-refractivity contribution in [2.75, 3.05) is 46.3 Å². The van der Waals surface area contributed by atoms with E-state index in [0.29, 0.717) is 18.7 Å². The number of nitrogens with zero attached hydrogens (tertiary/aromatic N) is 3. The topological polar surface area (TPSA) is 57.0 Å². The smallest absolute Gasteiger partial charge is 0.257 e. The molecular formula is C17H23N3O3. The first kappa shape index (κ1) is 14.8. The zero-order valence-corrected chi connectivity index (χ0v) is 13.5. The standard InChI is InChI=1S/C17H23N3O3/c1-18-8-14-9-20(15(21)13-4-7-23-10-13)12-17(14,11-18)16(22)19-5-2-3-6-19/h4,7,10,14H,2-3,5-6,8-9,11-12H2,1H3/t14-,17-/m0/s1. The molecule has 1 aromatic rings. The van der Waals surface area contributed by atoms with Crippen molar-refractivity contribution in [2.45, 2.75) is 12.8 Å². The van der Waals surface area contributed by atoms with E-state index in [-0.39, 0.29) is 17.7 Å². The van der Waals surface area contributed by atoms with E-state index in [4.69, 9.17) is 4.42 Å². The molecule has 0 unspecified atom stereocenters. The molecule has 4 rings (SSSR count). The first-order valence-corrected chi connectivity index (χ1v) is 8.39. The summed E-state index contributed by atoms with van der Waals surface area (Å²) in [7, 11) is 2.07. The van der Waals surface area contributed by atoms with E-state index in [2.05, 4.69) is 11.9 Å². The SMILES string of the molecule is CN1C[C@H]2CN(C(=O)c3ccoc3)C[C@@]2(C(=O)N2CCCC2)C1. The molecule has 3 aliphatic rings. The molecule has 0 saturated carbocycles. The van der Waals surface area contributed by atoms with E-state index in [1.807, 2.05) is 9.80 Å². The number of amides is 2. The molecule has 0 aliphatic carbocycles. The molecule has 0 bridgehead atoms. The molecule has 0 spiro atoms. The lowest BCUT2D eigenvalue weighted by Gasteiger charge is -2.32. The van der Waals surface area contributed by atoms with Crippen LogP contribution in [0, 0.1) is 11.3 Å². The number of hydrogen-bond acceptors (Lipinski definition) is 4. The number of carbonyl (C=O) groups excluding carboxylic acids is 2. The van der Waals surface area contributed by atoms with Gasteiger partial charge in [-0.25, -0.2) is 0 Å². The molecule has 124 valence electrons. The molecular weight excluding hydrogens is 294 g/mol. The highest BCUT2D eigenvalue weighted by molar-refractivity contribution is 5.95. The first-order valence-electron chi connectivity index (χ1n) is 8.39. The van der Waals surface area contributed by atoms with E-state index >= 15 is 0 Å². The molecule has 0 aromatic carbocycles. The van der Waals surface area contributed by atoms with Gasteiger partial charge in [0.05, 0.1) is 17.2 Å². The van der Waals surface area contributed by atoms with Crippen LogP contribution in [0.2, 0.25) is 0 Å². The lowest BCUT2D eigenvalue weighted by Crippen LogP contribution is -2.48. The van der Waals surface area contributed by atoms with Gasteiger partial charge in [-0.15, -0.1) is 0 Å². The van der Waals surface area contributed by atoms with Gasteiger partial charge in [-0.05, 0) is 26.0 Å². The van der Waals surface area contributed by atoms with E-state index in [1.54, 1.807) is 6.07 Å². The Balaban J connectivity index is 1.58. The third kappa shape index (κ3) is 2.27. The van der Waals surface area contributed by atoms with E-state index in [9.17, 15) is 9.59 Å². The van der Waals surface area contributed by atoms with Crippen molar-refractivity contribution >= 4 is 11.8 Å². The zero-order valence-electron chi connectivity index (χ0n) is 13.5. The maximum absolute atomic E-state index is 13.2. The van der Waals surface area contributed by atoms with Crippen LogP contribution in [0.15, 0.2) is 23.0 Å². The van der Waals surface area contributed by atoms with Crippen molar-refractivity contribution in [2.24, 2.45) is 11.3 Å². The predicted molar refractivity (Wildman–Crippen MR) is 83.8 cm³/mol. The summed E-state index contributed by atoms with van der Waals surface area (Å²) in [5.41, 5.74) is 0.153. The van der Waals surface area contributed by atoms with Gasteiger partial charge in [-0.1, -0.05) is 0 Å². The van der Waals surface area contributed by atoms with Crippen LogP contribution in [-0.4, -0.2) is 72.8 Å². The van der Waals surface area contributed by atoms with Crippen molar-refractivity contribution < 1.29 is 14.0 Å². The van der Waals surface area contributed by atoms with Gasteiger partial charge >= 0.3 is 0 Å². The second-order valence-electron chi connectivity index (χ2n) is 7.25. The molecule has 3 aliphatic heterocycles. The van der Waals surface area contributed by atoms with Crippen LogP contribution in [0.25, 0.3) is 0 Å². The van der Waals surface area contributed by atoms with Crippen LogP contribution in [0.1, 0.15) is 23.2 Å². The molecule has 6 heteroatoms. The highest BCUT2D eigenvalue weighted by Gasteiger charge is 2.58. The molecule has 3 saturated heterocycles. The van der Waals surface area contributed by atoms with Gasteiger partial charge in [-0.3, -0.25) is 9.59 Å². The average molecular weight is 317 g/mol. The minimum Gasteiger partial charge on any atom is -0.472 e. The summed E-state index contributed by atoms with van der Waals surface area (Å²) in [5, 5.41) is 0. The number of rotatable bonds is 2. The van der Waals surface area contributed by atoms with Crippen molar-refractivity contribution in [3.8, 4) is 0 Å². The minimum atomic E-state index is -0.418. The molecule has 2 atom stereocenters. The Morgan fingerprint density at radius 2 is 1.96 bits per heavy atom. The molecule has 2 amide bonds. The van der Waals surface area contributed by atoms with Gasteiger partial charge in [0.25, 0.3) is 5.91 Å². The number of furan rings is 1. The van der Waals surface area contributed by atoms with E-state index in [1.165, 1.54) is 12.5 Å². The second kappa shape index (κ2) is 5.37. The Bertz CT molecular complexity index is 609. The average Bonchev–Trinajstić information content (AvgIpc) is 3.28. The maximum Gasteiger partial charge on any atom is 0.257 e. The van der Waals surface area contributed by atoms with Gasteiger partial charge in [0, 0.05) is 45.2 Å². The third-order valence-electron chi connectivity index (χ3n) is 5.65. The summed E-state index contributed by atoms with van der Waals surface area (Å²) >= 11 is 0. The predicted octanol–water partition coefficient (Wildman–Crippen LogP) is 0.906. The minimum absolute atomic E-state index is 0.0237. The fourth-order valence-corrected chi connectivity index (χ4v) is 4.58. The molecule has 6 nitrogen and oxygen atoms in total. The lowest BCUT2D eigenvalue weighted by atomic mass is 9.79. The number of hydrogen-bond donors (Lipinski definition) is 0. The first-order chi connectivity index (χ1) is 11.1. The van der Waals surface area contributed by atoms with Gasteiger partial charge in [0.2, 0.25) is 5.91 Å². The van der Waals surface area contributed by atoms with Crippen LogP contribution in [-0.2, 0) is 4.79 Å². The molecule has 3 fully saturated rings. The maximum atomic E-state index is 13.2. The Morgan fingerprint density at radius 1 is 1.17 bits per heavy atom. The monoisotopic (exact) mass is 317 g/mol. The normalized spacial score (nSPS) is 30.9. The number of likely N-dealkylation sites (tertiary alicyclic amines) is 3. The van der Waals surface area contributed by atoms with Crippen LogP contribution < -0.4 is 0 Å². The van der Waals surface area contributed by atoms with Crippen LogP contribution >= 0.6 is 0 Å². The third-order valence-corrected chi connectivity index (χ3v) is 5.65. The van der Waals surface area contributed by atoms with Crippen LogP contribution in [0.4, 0.5) is 0 Å². The van der Waals surface area contributed by atoms with E-state index in [0.717, 1.165) is 39.0 Å². The summed E-state index contributed by atoms with van der Waals surface area (Å²) in [6.07, 6.45) is 5.20. The Kier molecular flexibility index (Phi) is 3.44. The summed E-state index contributed by atoms with van der Waals surface area (Å²) in [6, 6.07) is 1.69. The second-order valence-corrected chi connectivity index (χ2v) is 7.25. The van der Waals surface area contributed by atoms with Crippen LogP contribution in [0.3, 0.4) is 0 Å². The molecule has 23 heavy (non-hydrogen) atoms. The molecule has 4 heterocycles. The highest BCUT2D eigenvalue weighted by Crippen LogP contribution is 2.44. The zero-order chi connectivity index (χ0) is 16.0. The Hall–Kier alpha value is -1.82. The number of fused-ring (bicyclic) bond motifs is 1. The fourth-order valence-electron chi connectivity index (χ4n) is 4.58. The molecule has 1 aromatic heterocycles. The highest BCUT2D eigenvalue weighted by atomic mass is 16.3. The summed E-state index contributed by atoms with van der Waals surface area (Å²) in [5.74, 6) is 0.465. The van der Waals surface area contributed by atoms with Gasteiger partial charge in [-0.2, -0.15) is 0 Å². The fraction of sp³-hybridized carbons (Fsp3) is 0.647. The van der Waals surface area contributed by atoms with Crippen molar-refractivity contribution in [3.05, 3.63) is 24.2 Å². The Labute approximate surface area is 136 Å².